The van der Waals surface area contributed by atoms with E-state index < -0.39 is 5.91 Å². The van der Waals surface area contributed by atoms with Gasteiger partial charge in [0.15, 0.2) is 5.16 Å². The summed E-state index contributed by atoms with van der Waals surface area (Å²) in [5.41, 5.74) is 3.80. The summed E-state index contributed by atoms with van der Waals surface area (Å²) in [6, 6.07) is 16.7. The number of aromatic nitrogens is 2. The summed E-state index contributed by atoms with van der Waals surface area (Å²) < 4.78 is 7.24. The van der Waals surface area contributed by atoms with Gasteiger partial charge in [0.05, 0.1) is 18.6 Å². The predicted octanol–water partition coefficient (Wildman–Crippen LogP) is 3.81. The Morgan fingerprint density at radius 2 is 1.80 bits per heavy atom. The highest BCUT2D eigenvalue weighted by Gasteiger charge is 2.22. The molecule has 1 aromatic heterocycles. The fraction of sp³-hybridized carbons (Fsp3) is 0.261. The molecule has 0 saturated heterocycles. The van der Waals surface area contributed by atoms with Crippen molar-refractivity contribution < 1.29 is 14.3 Å². The first-order valence-electron chi connectivity index (χ1n) is 9.92. The number of rotatable bonds is 6. The van der Waals surface area contributed by atoms with Crippen LogP contribution in [0.4, 0.5) is 0 Å². The van der Waals surface area contributed by atoms with E-state index >= 15 is 0 Å². The van der Waals surface area contributed by atoms with Crippen molar-refractivity contribution in [1.29, 1.82) is 0 Å². The molecule has 0 atom stereocenters. The number of amides is 2. The van der Waals surface area contributed by atoms with Gasteiger partial charge in [0.1, 0.15) is 5.75 Å². The molecule has 1 heterocycles. The third-order valence-electron chi connectivity index (χ3n) is 5.05. The Bertz CT molecular complexity index is 1050. The fourth-order valence-corrected chi connectivity index (χ4v) is 4.42. The molecular formula is C23H23N3O3S. The molecule has 0 aliphatic heterocycles. The Morgan fingerprint density at radius 1 is 1.07 bits per heavy atom. The number of para-hydroxylation sites is 1. The average Bonchev–Trinajstić information content (AvgIpc) is 3.16. The van der Waals surface area contributed by atoms with Gasteiger partial charge in [-0.25, -0.2) is 4.98 Å². The lowest BCUT2D eigenvalue weighted by Gasteiger charge is -2.15. The maximum atomic E-state index is 12.4. The minimum Gasteiger partial charge on any atom is -0.497 e. The normalized spacial score (nSPS) is 12.8. The van der Waals surface area contributed by atoms with Crippen LogP contribution in [0.2, 0.25) is 0 Å². The van der Waals surface area contributed by atoms with Gasteiger partial charge in [0.2, 0.25) is 5.91 Å². The van der Waals surface area contributed by atoms with Crippen molar-refractivity contribution in [3.63, 3.8) is 0 Å². The van der Waals surface area contributed by atoms with Crippen molar-refractivity contribution in [2.45, 2.75) is 30.8 Å². The van der Waals surface area contributed by atoms with Gasteiger partial charge in [-0.2, -0.15) is 0 Å². The summed E-state index contributed by atoms with van der Waals surface area (Å²) in [5.74, 6) is 0.00505. The van der Waals surface area contributed by atoms with Crippen LogP contribution in [-0.4, -0.2) is 34.2 Å². The van der Waals surface area contributed by atoms with Crippen LogP contribution in [0.25, 0.3) is 5.69 Å². The van der Waals surface area contributed by atoms with E-state index in [9.17, 15) is 9.59 Å². The summed E-state index contributed by atoms with van der Waals surface area (Å²) in [7, 11) is 1.56. The molecule has 0 spiro atoms. The monoisotopic (exact) mass is 421 g/mol. The topological polar surface area (TPSA) is 73.2 Å². The van der Waals surface area contributed by atoms with Crippen LogP contribution in [0.15, 0.2) is 59.8 Å². The van der Waals surface area contributed by atoms with Crippen LogP contribution in [-0.2, 0) is 17.6 Å². The van der Waals surface area contributed by atoms with Gasteiger partial charge < -0.3 is 4.74 Å². The fourth-order valence-electron chi connectivity index (χ4n) is 3.56. The Kier molecular flexibility index (Phi) is 6.18. The van der Waals surface area contributed by atoms with Crippen LogP contribution in [0.3, 0.4) is 0 Å². The number of hydrogen-bond donors (Lipinski definition) is 1. The highest BCUT2D eigenvalue weighted by Crippen LogP contribution is 2.30. The van der Waals surface area contributed by atoms with Crippen LogP contribution >= 0.6 is 11.8 Å². The molecule has 0 radical (unpaired) electrons. The molecule has 2 aromatic carbocycles. The Labute approximate surface area is 179 Å². The number of ether oxygens (including phenoxy) is 1. The lowest BCUT2D eigenvalue weighted by Crippen LogP contribution is -2.31. The quantitative estimate of drug-likeness (QED) is 0.613. The number of carbonyl (C=O) groups is 2. The molecule has 2 amide bonds. The van der Waals surface area contributed by atoms with E-state index in [4.69, 9.17) is 9.72 Å². The van der Waals surface area contributed by atoms with Gasteiger partial charge in [-0.05, 0) is 62.1 Å². The Hall–Kier alpha value is -3.06. The molecule has 154 valence electrons. The second-order valence-electron chi connectivity index (χ2n) is 7.06. The number of thioether (sulfide) groups is 1. The number of nitrogens with zero attached hydrogens (tertiary/aromatic N) is 2. The second kappa shape index (κ2) is 9.17. The van der Waals surface area contributed by atoms with E-state index in [1.165, 1.54) is 17.5 Å². The first-order valence-corrected chi connectivity index (χ1v) is 10.9. The standard InChI is InChI=1S/C23H23N3O3S/c1-29-18-13-11-16(12-14-18)22(28)25-21(27)15-30-23-24-19-9-5-6-10-20(19)26(23)17-7-3-2-4-8-17/h2-4,7-8,11-14H,5-6,9-10,15H2,1H3,(H,25,27,28). The van der Waals surface area contributed by atoms with Gasteiger partial charge >= 0.3 is 0 Å². The number of aryl methyl sites for hydroxylation is 1. The molecule has 4 rings (SSSR count). The maximum Gasteiger partial charge on any atom is 0.257 e. The largest absolute Gasteiger partial charge is 0.497 e. The van der Waals surface area contributed by atoms with Crippen LogP contribution in [0.1, 0.15) is 34.6 Å². The minimum absolute atomic E-state index is 0.116. The van der Waals surface area contributed by atoms with Crippen LogP contribution in [0.5, 0.6) is 5.75 Å². The van der Waals surface area contributed by atoms with E-state index in [2.05, 4.69) is 9.88 Å². The lowest BCUT2D eigenvalue weighted by atomic mass is 10.0. The summed E-state index contributed by atoms with van der Waals surface area (Å²) in [6.45, 7) is 0. The number of methoxy groups -OCH3 is 1. The van der Waals surface area contributed by atoms with E-state index in [1.54, 1.807) is 31.4 Å². The van der Waals surface area contributed by atoms with Crippen molar-refractivity contribution in [2.24, 2.45) is 0 Å². The minimum atomic E-state index is -0.422. The number of nitrogens with one attached hydrogen (secondary N) is 1. The molecule has 3 aromatic rings. The number of hydrogen-bond acceptors (Lipinski definition) is 5. The molecule has 0 unspecified atom stereocenters. The summed E-state index contributed by atoms with van der Waals surface area (Å²) >= 11 is 1.35. The summed E-state index contributed by atoms with van der Waals surface area (Å²) in [4.78, 5) is 29.5. The molecule has 6 nitrogen and oxygen atoms in total. The summed E-state index contributed by atoms with van der Waals surface area (Å²) in [5, 5.41) is 3.24. The van der Waals surface area contributed by atoms with E-state index in [-0.39, 0.29) is 11.7 Å². The number of carbonyl (C=O) groups excluding carboxylic acids is 2. The SMILES string of the molecule is COc1ccc(C(=O)NC(=O)CSc2nc3c(n2-c2ccccc2)CCCC3)cc1. The van der Waals surface area contributed by atoms with Crippen LogP contribution in [0, 0.1) is 0 Å². The molecular weight excluding hydrogens is 398 g/mol. The Balaban J connectivity index is 1.46. The van der Waals surface area contributed by atoms with Crippen molar-refractivity contribution in [2.75, 3.05) is 12.9 Å². The van der Waals surface area contributed by atoms with Crippen molar-refractivity contribution in [3.8, 4) is 11.4 Å². The van der Waals surface area contributed by atoms with Gasteiger partial charge in [0, 0.05) is 16.9 Å². The van der Waals surface area contributed by atoms with Crippen molar-refractivity contribution in [3.05, 3.63) is 71.5 Å². The first kappa shape index (κ1) is 20.2. The molecule has 0 saturated carbocycles. The van der Waals surface area contributed by atoms with Crippen molar-refractivity contribution >= 4 is 23.6 Å². The van der Waals surface area contributed by atoms with Gasteiger partial charge in [-0.15, -0.1) is 0 Å². The number of imide groups is 1. The molecule has 1 aliphatic rings. The predicted molar refractivity (Wildman–Crippen MR) is 116 cm³/mol. The number of imidazole rings is 1. The zero-order chi connectivity index (χ0) is 20.9. The van der Waals surface area contributed by atoms with Gasteiger partial charge in [-0.1, -0.05) is 30.0 Å². The van der Waals surface area contributed by atoms with E-state index in [0.29, 0.717) is 11.3 Å². The molecule has 0 fully saturated rings. The van der Waals surface area contributed by atoms with Crippen LogP contribution < -0.4 is 10.1 Å². The smallest absolute Gasteiger partial charge is 0.257 e. The average molecular weight is 422 g/mol. The highest BCUT2D eigenvalue weighted by atomic mass is 32.2. The zero-order valence-electron chi connectivity index (χ0n) is 16.8. The van der Waals surface area contributed by atoms with E-state index in [1.807, 2.05) is 30.3 Å². The molecule has 0 bridgehead atoms. The van der Waals surface area contributed by atoms with Gasteiger partial charge in [0.25, 0.3) is 5.91 Å². The Morgan fingerprint density at radius 3 is 2.53 bits per heavy atom. The van der Waals surface area contributed by atoms with E-state index in [0.717, 1.165) is 42.2 Å². The summed E-state index contributed by atoms with van der Waals surface area (Å²) in [6.07, 6.45) is 4.23. The first-order chi connectivity index (χ1) is 14.7. The molecule has 7 heteroatoms. The molecule has 1 N–H and O–H groups in total. The molecule has 30 heavy (non-hydrogen) atoms. The lowest BCUT2D eigenvalue weighted by molar-refractivity contribution is -0.117. The zero-order valence-corrected chi connectivity index (χ0v) is 17.6. The molecule has 1 aliphatic carbocycles. The second-order valence-corrected chi connectivity index (χ2v) is 8.00. The highest BCUT2D eigenvalue weighted by molar-refractivity contribution is 7.99. The van der Waals surface area contributed by atoms with Crippen molar-refractivity contribution in [1.82, 2.24) is 14.9 Å². The number of fused-ring (bicyclic) bond motifs is 1. The third kappa shape index (κ3) is 4.41. The third-order valence-corrected chi connectivity index (χ3v) is 5.99. The number of benzene rings is 2. The van der Waals surface area contributed by atoms with Gasteiger partial charge in [-0.3, -0.25) is 19.5 Å². The maximum absolute atomic E-state index is 12.4.